The first-order valence-corrected chi connectivity index (χ1v) is 6.67. The molecule has 7 heteroatoms. The minimum atomic E-state index is -4.48. The van der Waals surface area contributed by atoms with Crippen molar-refractivity contribution in [3.8, 4) is 0 Å². The molecule has 1 heterocycles. The van der Waals surface area contributed by atoms with Crippen LogP contribution in [0.15, 0.2) is 30.5 Å². The zero-order valence-corrected chi connectivity index (χ0v) is 12.5. The van der Waals surface area contributed by atoms with Crippen LogP contribution in [0.3, 0.4) is 0 Å². The van der Waals surface area contributed by atoms with Crippen molar-refractivity contribution in [2.45, 2.75) is 20.0 Å². The molecule has 0 unspecified atom stereocenters. The van der Waals surface area contributed by atoms with E-state index in [2.05, 4.69) is 10.3 Å². The third-order valence-corrected chi connectivity index (χ3v) is 3.32. The maximum absolute atomic E-state index is 12.9. The van der Waals surface area contributed by atoms with E-state index in [1.54, 1.807) is 6.92 Å². The topological polar surface area (TPSA) is 42.0 Å². The van der Waals surface area contributed by atoms with E-state index in [1.807, 2.05) is 0 Å². The van der Waals surface area contributed by atoms with Gasteiger partial charge in [-0.3, -0.25) is 4.79 Å². The fourth-order valence-electron chi connectivity index (χ4n) is 1.92. The molecule has 0 spiro atoms. The first-order chi connectivity index (χ1) is 10.2. The number of carbonyl (C=O) groups is 1. The Morgan fingerprint density at radius 3 is 2.55 bits per heavy atom. The second-order valence-corrected chi connectivity index (χ2v) is 5.19. The van der Waals surface area contributed by atoms with Crippen LogP contribution in [0.2, 0.25) is 5.15 Å². The number of carbonyl (C=O) groups excluding carboxylic acids is 1. The van der Waals surface area contributed by atoms with Crippen molar-refractivity contribution in [3.63, 3.8) is 0 Å². The number of benzene rings is 1. The predicted octanol–water partition coefficient (Wildman–Crippen LogP) is 4.62. The minimum Gasteiger partial charge on any atom is -0.322 e. The summed E-state index contributed by atoms with van der Waals surface area (Å²) in [4.78, 5) is 16.0. The van der Waals surface area contributed by atoms with Crippen LogP contribution in [0.5, 0.6) is 0 Å². The van der Waals surface area contributed by atoms with Crippen LogP contribution in [-0.2, 0) is 6.18 Å². The first kappa shape index (κ1) is 16.3. The Balaban J connectivity index is 2.31. The highest BCUT2D eigenvalue weighted by Gasteiger charge is 2.32. The number of hydrogen-bond donors (Lipinski definition) is 1. The monoisotopic (exact) mass is 328 g/mol. The van der Waals surface area contributed by atoms with Gasteiger partial charge in [-0.05, 0) is 43.2 Å². The Kier molecular flexibility index (Phi) is 4.42. The second kappa shape index (κ2) is 5.96. The second-order valence-electron chi connectivity index (χ2n) is 4.83. The summed E-state index contributed by atoms with van der Waals surface area (Å²) in [5.74, 6) is -0.613. The van der Waals surface area contributed by atoms with Crippen molar-refractivity contribution >= 4 is 23.2 Å². The van der Waals surface area contributed by atoms with Crippen LogP contribution in [0, 0.1) is 13.8 Å². The lowest BCUT2D eigenvalue weighted by atomic mass is 10.1. The van der Waals surface area contributed by atoms with Gasteiger partial charge in [0.1, 0.15) is 5.15 Å². The molecule has 0 fully saturated rings. The van der Waals surface area contributed by atoms with Crippen LogP contribution >= 0.6 is 11.6 Å². The first-order valence-electron chi connectivity index (χ1n) is 6.30. The Labute approximate surface area is 130 Å². The van der Waals surface area contributed by atoms with Gasteiger partial charge >= 0.3 is 6.18 Å². The number of alkyl halides is 3. The highest BCUT2D eigenvalue weighted by Crippen LogP contribution is 2.33. The van der Waals surface area contributed by atoms with Gasteiger partial charge in [-0.25, -0.2) is 4.98 Å². The van der Waals surface area contributed by atoms with Crippen molar-refractivity contribution in [3.05, 3.63) is 57.9 Å². The average Bonchev–Trinajstić information content (AvgIpc) is 2.42. The number of halogens is 4. The SMILES string of the molecule is Cc1cnc(Cl)c(C(=O)Nc2ccc(C)c(C(F)(F)F)c2)c1. The predicted molar refractivity (Wildman–Crippen MR) is 78.1 cm³/mol. The van der Waals surface area contributed by atoms with Gasteiger partial charge in [0, 0.05) is 11.9 Å². The number of amides is 1. The summed E-state index contributed by atoms with van der Waals surface area (Å²) in [7, 11) is 0. The summed E-state index contributed by atoms with van der Waals surface area (Å²) >= 11 is 5.83. The maximum Gasteiger partial charge on any atom is 0.416 e. The van der Waals surface area contributed by atoms with Gasteiger partial charge in [0.2, 0.25) is 0 Å². The minimum absolute atomic E-state index is 0.00810. The Bertz CT molecular complexity index is 729. The lowest BCUT2D eigenvalue weighted by Gasteiger charge is -2.13. The lowest BCUT2D eigenvalue weighted by Crippen LogP contribution is -2.15. The molecule has 2 rings (SSSR count). The molecule has 0 aliphatic heterocycles. The highest BCUT2D eigenvalue weighted by molar-refractivity contribution is 6.33. The van der Waals surface area contributed by atoms with E-state index in [-0.39, 0.29) is 22.0 Å². The lowest BCUT2D eigenvalue weighted by molar-refractivity contribution is -0.138. The average molecular weight is 329 g/mol. The van der Waals surface area contributed by atoms with E-state index in [0.717, 1.165) is 11.6 Å². The number of aromatic nitrogens is 1. The van der Waals surface area contributed by atoms with Crippen LogP contribution in [-0.4, -0.2) is 10.9 Å². The molecule has 1 N–H and O–H groups in total. The summed E-state index contributed by atoms with van der Waals surface area (Å²) in [5, 5.41) is 2.39. The van der Waals surface area contributed by atoms with Gasteiger partial charge in [-0.2, -0.15) is 13.2 Å². The number of pyridine rings is 1. The summed E-state index contributed by atoms with van der Waals surface area (Å²) in [5.41, 5.74) is 0.158. The molecule has 0 saturated heterocycles. The van der Waals surface area contributed by atoms with Crippen LogP contribution in [0.25, 0.3) is 0 Å². The van der Waals surface area contributed by atoms with E-state index in [4.69, 9.17) is 11.6 Å². The van der Waals surface area contributed by atoms with Gasteiger partial charge < -0.3 is 5.32 Å². The fraction of sp³-hybridized carbons (Fsp3) is 0.200. The van der Waals surface area contributed by atoms with Gasteiger partial charge in [-0.1, -0.05) is 17.7 Å². The Morgan fingerprint density at radius 1 is 1.23 bits per heavy atom. The molecule has 0 aliphatic carbocycles. The Morgan fingerprint density at radius 2 is 1.91 bits per heavy atom. The summed E-state index contributed by atoms with van der Waals surface area (Å²) in [6.45, 7) is 3.09. The largest absolute Gasteiger partial charge is 0.416 e. The van der Waals surface area contributed by atoms with Crippen LogP contribution in [0.4, 0.5) is 18.9 Å². The quantitative estimate of drug-likeness (QED) is 0.817. The molecule has 0 radical (unpaired) electrons. The van der Waals surface area contributed by atoms with Gasteiger partial charge in [0.25, 0.3) is 5.91 Å². The zero-order valence-electron chi connectivity index (χ0n) is 11.8. The molecular weight excluding hydrogens is 317 g/mol. The molecule has 1 amide bonds. The highest BCUT2D eigenvalue weighted by atomic mass is 35.5. The van der Waals surface area contributed by atoms with Crippen molar-refractivity contribution in [2.24, 2.45) is 0 Å². The van der Waals surface area contributed by atoms with E-state index >= 15 is 0 Å². The smallest absolute Gasteiger partial charge is 0.322 e. The zero-order chi connectivity index (χ0) is 16.5. The number of anilines is 1. The Hall–Kier alpha value is -2.08. The number of hydrogen-bond acceptors (Lipinski definition) is 2. The molecule has 1 aromatic carbocycles. The third kappa shape index (κ3) is 3.57. The van der Waals surface area contributed by atoms with E-state index in [1.165, 1.54) is 31.3 Å². The normalized spacial score (nSPS) is 11.4. The molecule has 22 heavy (non-hydrogen) atoms. The summed E-state index contributed by atoms with van der Waals surface area (Å²) in [6.07, 6.45) is -2.99. The van der Waals surface area contributed by atoms with E-state index < -0.39 is 17.6 Å². The van der Waals surface area contributed by atoms with Crippen LogP contribution in [0.1, 0.15) is 27.0 Å². The molecule has 0 bridgehead atoms. The molecule has 1 aromatic heterocycles. The third-order valence-electron chi connectivity index (χ3n) is 3.02. The molecule has 116 valence electrons. The van der Waals surface area contributed by atoms with Gasteiger partial charge in [-0.15, -0.1) is 0 Å². The van der Waals surface area contributed by atoms with Gasteiger partial charge in [0.15, 0.2) is 0 Å². The van der Waals surface area contributed by atoms with Gasteiger partial charge in [0.05, 0.1) is 11.1 Å². The van der Waals surface area contributed by atoms with Crippen molar-refractivity contribution in [1.29, 1.82) is 0 Å². The molecule has 3 nitrogen and oxygen atoms in total. The molecule has 0 saturated carbocycles. The standard InChI is InChI=1S/C15H12ClF3N2O/c1-8-5-11(13(16)20-7-8)14(22)21-10-4-3-9(2)12(6-10)15(17,18)19/h3-7H,1-2H3,(H,21,22). The summed E-state index contributed by atoms with van der Waals surface area (Å²) in [6, 6.07) is 5.11. The molecule has 0 aliphatic rings. The molecule has 2 aromatic rings. The van der Waals surface area contributed by atoms with E-state index in [9.17, 15) is 18.0 Å². The van der Waals surface area contributed by atoms with Crippen LogP contribution < -0.4 is 5.32 Å². The van der Waals surface area contributed by atoms with Crippen molar-refractivity contribution in [2.75, 3.05) is 5.32 Å². The van der Waals surface area contributed by atoms with E-state index in [0.29, 0.717) is 0 Å². The molecular formula is C15H12ClF3N2O. The van der Waals surface area contributed by atoms with Crippen molar-refractivity contribution in [1.82, 2.24) is 4.98 Å². The number of nitrogens with zero attached hydrogens (tertiary/aromatic N) is 1. The maximum atomic E-state index is 12.9. The summed E-state index contributed by atoms with van der Waals surface area (Å²) < 4.78 is 38.6. The number of rotatable bonds is 2. The number of nitrogens with one attached hydrogen (secondary N) is 1. The fourth-order valence-corrected chi connectivity index (χ4v) is 2.10. The number of aryl methyl sites for hydroxylation is 2. The molecule has 0 atom stereocenters. The van der Waals surface area contributed by atoms with Crippen molar-refractivity contribution < 1.29 is 18.0 Å².